The van der Waals surface area contributed by atoms with Crippen LogP contribution < -0.4 is 15.0 Å². The minimum absolute atomic E-state index is 0.0732. The molecule has 1 aromatic heterocycles. The third kappa shape index (κ3) is 7.41. The van der Waals surface area contributed by atoms with Crippen molar-refractivity contribution in [2.45, 2.75) is 58.4 Å². The highest BCUT2D eigenvalue weighted by Crippen LogP contribution is 2.25. The molecule has 0 bridgehead atoms. The van der Waals surface area contributed by atoms with Gasteiger partial charge in [0.1, 0.15) is 5.75 Å². The zero-order valence-electron chi connectivity index (χ0n) is 20.9. The van der Waals surface area contributed by atoms with Crippen molar-refractivity contribution < 1.29 is 19.2 Å². The van der Waals surface area contributed by atoms with Crippen LogP contribution in [0.3, 0.4) is 0 Å². The molecule has 1 aromatic carbocycles. The molecule has 35 heavy (non-hydrogen) atoms. The van der Waals surface area contributed by atoms with Crippen molar-refractivity contribution in [3.63, 3.8) is 0 Å². The van der Waals surface area contributed by atoms with E-state index in [4.69, 9.17) is 14.4 Å². The van der Waals surface area contributed by atoms with Crippen LogP contribution in [0.4, 0.5) is 5.95 Å². The molecule has 0 spiro atoms. The number of aryl methyl sites for hydroxylation is 1. The number of likely N-dealkylation sites (tertiary alicyclic amines) is 1. The number of carbonyl (C=O) groups is 1. The topological polar surface area (TPSA) is 104 Å². The number of nitrogens with zero attached hydrogens (tertiary/aromatic N) is 4. The number of aromatic nitrogens is 2. The Hall–Kier alpha value is -2.65. The maximum atomic E-state index is 12.2. The van der Waals surface area contributed by atoms with Crippen molar-refractivity contribution in [3.8, 4) is 5.75 Å². The summed E-state index contributed by atoms with van der Waals surface area (Å²) in [4.78, 5) is 21.5. The minimum Gasteiger partial charge on any atom is -0.494 e. The van der Waals surface area contributed by atoms with Crippen LogP contribution in [0.25, 0.3) is 0 Å². The SMILES string of the molecule is Cc1cc(OCCCC2CCN(c3noc(CN4CCCC4)n3)CC2)ccc1C(=O)NCCCO. The van der Waals surface area contributed by atoms with Gasteiger partial charge >= 0.3 is 0 Å². The smallest absolute Gasteiger partial charge is 0.266 e. The maximum Gasteiger partial charge on any atom is 0.266 e. The molecule has 3 heterocycles. The quantitative estimate of drug-likeness (QED) is 0.442. The third-order valence-electron chi connectivity index (χ3n) is 7.00. The van der Waals surface area contributed by atoms with Gasteiger partial charge in [-0.25, -0.2) is 0 Å². The van der Waals surface area contributed by atoms with E-state index in [1.165, 1.54) is 12.8 Å². The van der Waals surface area contributed by atoms with E-state index < -0.39 is 0 Å². The molecule has 192 valence electrons. The molecule has 2 aliphatic rings. The summed E-state index contributed by atoms with van der Waals surface area (Å²) in [5.74, 6) is 2.84. The van der Waals surface area contributed by atoms with Crippen LogP contribution in [-0.2, 0) is 6.54 Å². The zero-order chi connectivity index (χ0) is 24.5. The number of carbonyl (C=O) groups excluding carboxylic acids is 1. The van der Waals surface area contributed by atoms with Crippen molar-refractivity contribution in [2.75, 3.05) is 50.8 Å². The van der Waals surface area contributed by atoms with Crippen LogP contribution in [0, 0.1) is 12.8 Å². The summed E-state index contributed by atoms with van der Waals surface area (Å²) in [5, 5.41) is 15.9. The van der Waals surface area contributed by atoms with E-state index >= 15 is 0 Å². The van der Waals surface area contributed by atoms with Crippen LogP contribution in [0.1, 0.15) is 66.8 Å². The van der Waals surface area contributed by atoms with Crippen molar-refractivity contribution in [3.05, 3.63) is 35.2 Å². The summed E-state index contributed by atoms with van der Waals surface area (Å²) >= 11 is 0. The van der Waals surface area contributed by atoms with E-state index in [-0.39, 0.29) is 12.5 Å². The Kier molecular flexibility index (Phi) is 9.36. The van der Waals surface area contributed by atoms with Gasteiger partial charge in [0, 0.05) is 31.8 Å². The summed E-state index contributed by atoms with van der Waals surface area (Å²) in [5.41, 5.74) is 1.54. The molecule has 9 heteroatoms. The second-order valence-electron chi connectivity index (χ2n) is 9.70. The Morgan fingerprint density at radius 3 is 2.74 bits per heavy atom. The molecule has 4 rings (SSSR count). The number of nitrogens with one attached hydrogen (secondary N) is 1. The standard InChI is InChI=1S/C26H39N5O4/c1-20-18-22(7-8-23(20)25(33)27-11-5-16-32)34-17-4-6-21-9-14-31(15-10-21)26-28-24(35-29-26)19-30-12-2-3-13-30/h7-8,18,21,32H,2-6,9-17,19H2,1H3,(H,27,33). The van der Waals surface area contributed by atoms with E-state index in [0.717, 1.165) is 81.6 Å². The number of piperidine rings is 1. The average Bonchev–Trinajstić information content (AvgIpc) is 3.55. The summed E-state index contributed by atoms with van der Waals surface area (Å²) in [6, 6.07) is 5.58. The van der Waals surface area contributed by atoms with Crippen molar-refractivity contribution >= 4 is 11.9 Å². The number of rotatable bonds is 12. The Labute approximate surface area is 207 Å². The lowest BCUT2D eigenvalue weighted by atomic mass is 9.92. The molecule has 0 unspecified atom stereocenters. The Morgan fingerprint density at radius 1 is 1.20 bits per heavy atom. The molecule has 2 aromatic rings. The first kappa shape index (κ1) is 25.4. The second-order valence-corrected chi connectivity index (χ2v) is 9.70. The van der Waals surface area contributed by atoms with Crippen LogP contribution in [-0.4, -0.2) is 72.0 Å². The van der Waals surface area contributed by atoms with Crippen molar-refractivity contribution in [1.82, 2.24) is 20.4 Å². The van der Waals surface area contributed by atoms with Gasteiger partial charge in [-0.05, 0) is 99.8 Å². The average molecular weight is 486 g/mol. The van der Waals surface area contributed by atoms with Gasteiger partial charge in [-0.2, -0.15) is 4.98 Å². The Morgan fingerprint density at radius 2 is 2.00 bits per heavy atom. The lowest BCUT2D eigenvalue weighted by molar-refractivity contribution is 0.0950. The first-order chi connectivity index (χ1) is 17.1. The highest BCUT2D eigenvalue weighted by Gasteiger charge is 2.23. The minimum atomic E-state index is -0.113. The van der Waals surface area contributed by atoms with Crippen LogP contribution in [0.15, 0.2) is 22.7 Å². The molecule has 1 amide bonds. The zero-order valence-corrected chi connectivity index (χ0v) is 20.9. The molecule has 0 atom stereocenters. The molecule has 2 N–H and O–H groups in total. The molecule has 0 saturated carbocycles. The van der Waals surface area contributed by atoms with E-state index in [1.807, 2.05) is 25.1 Å². The Bertz CT molecular complexity index is 936. The lowest BCUT2D eigenvalue weighted by Gasteiger charge is -2.30. The monoisotopic (exact) mass is 485 g/mol. The van der Waals surface area contributed by atoms with E-state index in [9.17, 15) is 4.79 Å². The largest absolute Gasteiger partial charge is 0.494 e. The molecular weight excluding hydrogens is 446 g/mol. The molecule has 0 aliphatic carbocycles. The number of aliphatic hydroxyl groups is 1. The van der Waals surface area contributed by atoms with Gasteiger partial charge in [0.25, 0.3) is 11.9 Å². The summed E-state index contributed by atoms with van der Waals surface area (Å²) in [6.07, 6.45) is 7.50. The number of hydrogen-bond donors (Lipinski definition) is 2. The number of benzene rings is 1. The molecule has 0 radical (unpaired) electrons. The van der Waals surface area contributed by atoms with Gasteiger partial charge in [0.15, 0.2) is 0 Å². The predicted octanol–water partition coefficient (Wildman–Crippen LogP) is 3.16. The maximum absolute atomic E-state index is 12.2. The fourth-order valence-corrected chi connectivity index (χ4v) is 4.91. The van der Waals surface area contributed by atoms with Gasteiger partial charge in [-0.1, -0.05) is 0 Å². The fraction of sp³-hybridized carbons (Fsp3) is 0.654. The van der Waals surface area contributed by atoms with Gasteiger partial charge in [0.2, 0.25) is 5.89 Å². The van der Waals surface area contributed by atoms with E-state index in [1.54, 1.807) is 0 Å². The Balaban J connectivity index is 1.13. The van der Waals surface area contributed by atoms with Crippen molar-refractivity contribution in [2.24, 2.45) is 5.92 Å². The van der Waals surface area contributed by atoms with E-state index in [2.05, 4.69) is 25.3 Å². The number of hydrogen-bond acceptors (Lipinski definition) is 8. The summed E-state index contributed by atoms with van der Waals surface area (Å²) in [6.45, 7) is 8.09. The van der Waals surface area contributed by atoms with Gasteiger partial charge in [-0.15, -0.1) is 0 Å². The summed E-state index contributed by atoms with van der Waals surface area (Å²) < 4.78 is 11.4. The van der Waals surface area contributed by atoms with E-state index in [0.29, 0.717) is 31.1 Å². The van der Waals surface area contributed by atoms with Gasteiger partial charge in [-0.3, -0.25) is 9.69 Å². The molecule has 2 aliphatic heterocycles. The molecule has 2 fully saturated rings. The lowest BCUT2D eigenvalue weighted by Crippen LogP contribution is -2.34. The summed E-state index contributed by atoms with van der Waals surface area (Å²) in [7, 11) is 0. The highest BCUT2D eigenvalue weighted by atomic mass is 16.5. The second kappa shape index (κ2) is 12.9. The van der Waals surface area contributed by atoms with Gasteiger partial charge in [0.05, 0.1) is 13.2 Å². The third-order valence-corrected chi connectivity index (χ3v) is 7.00. The molecule has 2 saturated heterocycles. The number of ether oxygens (including phenoxy) is 1. The van der Waals surface area contributed by atoms with Crippen molar-refractivity contribution in [1.29, 1.82) is 0 Å². The van der Waals surface area contributed by atoms with Gasteiger partial charge < -0.3 is 24.6 Å². The molecule has 9 nitrogen and oxygen atoms in total. The normalized spacial score (nSPS) is 17.1. The highest BCUT2D eigenvalue weighted by molar-refractivity contribution is 5.95. The fourth-order valence-electron chi connectivity index (χ4n) is 4.91. The first-order valence-corrected chi connectivity index (χ1v) is 13.0. The van der Waals surface area contributed by atoms with Crippen LogP contribution >= 0.6 is 0 Å². The first-order valence-electron chi connectivity index (χ1n) is 13.0. The predicted molar refractivity (Wildman–Crippen MR) is 134 cm³/mol. The number of amides is 1. The number of aliphatic hydroxyl groups excluding tert-OH is 1. The van der Waals surface area contributed by atoms with Crippen LogP contribution in [0.5, 0.6) is 5.75 Å². The van der Waals surface area contributed by atoms with Crippen LogP contribution in [0.2, 0.25) is 0 Å². The number of anilines is 1. The molecular formula is C26H39N5O4.